The van der Waals surface area contributed by atoms with Crippen LogP contribution in [0.25, 0.3) is 0 Å². The molecule has 1 saturated carbocycles. The molecule has 1 saturated heterocycles. The molecular weight excluding hydrogens is 226 g/mol. The van der Waals surface area contributed by atoms with Crippen molar-refractivity contribution in [3.63, 3.8) is 0 Å². The van der Waals surface area contributed by atoms with E-state index in [1.165, 1.54) is 58.0 Å². The molecule has 0 amide bonds. The molecule has 0 spiro atoms. The lowest BCUT2D eigenvalue weighted by molar-refractivity contribution is -0.140. The first-order valence-corrected chi connectivity index (χ1v) is 7.64. The van der Waals surface area contributed by atoms with Gasteiger partial charge in [-0.3, -0.25) is 4.79 Å². The number of hydrogen-bond acceptors (Lipinski definition) is 2. The van der Waals surface area contributed by atoms with Crippen LogP contribution in [0.3, 0.4) is 0 Å². The van der Waals surface area contributed by atoms with Crippen molar-refractivity contribution < 1.29 is 9.90 Å². The Morgan fingerprint density at radius 1 is 0.944 bits per heavy atom. The zero-order chi connectivity index (χ0) is 12.8. The number of hydrogen-bond donors (Lipinski definition) is 1. The van der Waals surface area contributed by atoms with Crippen LogP contribution in [0.4, 0.5) is 0 Å². The molecule has 1 aliphatic carbocycles. The Balaban J connectivity index is 1.96. The van der Waals surface area contributed by atoms with E-state index >= 15 is 0 Å². The fraction of sp³-hybridized carbons (Fsp3) is 0.933. The molecule has 3 nitrogen and oxygen atoms in total. The molecule has 2 rings (SSSR count). The van der Waals surface area contributed by atoms with Gasteiger partial charge in [-0.15, -0.1) is 0 Å². The minimum Gasteiger partial charge on any atom is -0.481 e. The van der Waals surface area contributed by atoms with Crippen molar-refractivity contribution in [2.75, 3.05) is 19.6 Å². The van der Waals surface area contributed by atoms with Gasteiger partial charge in [-0.05, 0) is 44.2 Å². The average molecular weight is 253 g/mol. The highest BCUT2D eigenvalue weighted by Gasteiger charge is 2.36. The first-order chi connectivity index (χ1) is 8.70. The summed E-state index contributed by atoms with van der Waals surface area (Å²) in [6.45, 7) is 3.39. The van der Waals surface area contributed by atoms with Gasteiger partial charge in [0.25, 0.3) is 0 Å². The molecule has 0 radical (unpaired) electrons. The molecule has 0 aromatic heterocycles. The van der Waals surface area contributed by atoms with Gasteiger partial charge >= 0.3 is 5.97 Å². The van der Waals surface area contributed by atoms with E-state index < -0.39 is 5.97 Å². The normalized spacial score (nSPS) is 25.6. The van der Waals surface area contributed by atoms with Crippen LogP contribution in [0.2, 0.25) is 0 Å². The van der Waals surface area contributed by atoms with Gasteiger partial charge < -0.3 is 10.0 Å². The molecule has 3 heteroatoms. The number of likely N-dealkylation sites (tertiary alicyclic amines) is 1. The maximum Gasteiger partial charge on any atom is 0.303 e. The molecule has 0 atom stereocenters. The van der Waals surface area contributed by atoms with Gasteiger partial charge in [0.2, 0.25) is 0 Å². The van der Waals surface area contributed by atoms with Crippen LogP contribution in [-0.4, -0.2) is 35.6 Å². The molecule has 0 unspecified atom stereocenters. The zero-order valence-electron chi connectivity index (χ0n) is 11.5. The summed E-state index contributed by atoms with van der Waals surface area (Å²) in [7, 11) is 0. The first kappa shape index (κ1) is 13.9. The molecular formula is C15H27NO2. The topological polar surface area (TPSA) is 40.5 Å². The lowest BCUT2D eigenvalue weighted by Crippen LogP contribution is -2.41. The molecule has 104 valence electrons. The molecule has 1 aliphatic heterocycles. The van der Waals surface area contributed by atoms with Gasteiger partial charge in [-0.2, -0.15) is 0 Å². The number of carboxylic acid groups (broad SMARTS) is 1. The molecule has 0 bridgehead atoms. The minimum atomic E-state index is -0.605. The van der Waals surface area contributed by atoms with Gasteiger partial charge in [-0.1, -0.05) is 32.1 Å². The van der Waals surface area contributed by atoms with Crippen LogP contribution in [-0.2, 0) is 4.79 Å². The van der Waals surface area contributed by atoms with Crippen molar-refractivity contribution in [2.24, 2.45) is 5.41 Å². The summed E-state index contributed by atoms with van der Waals surface area (Å²) in [6, 6.07) is 0. The van der Waals surface area contributed by atoms with Crippen molar-refractivity contribution in [1.29, 1.82) is 0 Å². The van der Waals surface area contributed by atoms with E-state index in [0.717, 1.165) is 19.4 Å². The van der Waals surface area contributed by atoms with E-state index in [-0.39, 0.29) is 5.41 Å². The molecule has 0 aromatic carbocycles. The summed E-state index contributed by atoms with van der Waals surface area (Å²) in [5.74, 6) is -0.605. The smallest absolute Gasteiger partial charge is 0.303 e. The number of nitrogens with zero attached hydrogens (tertiary/aromatic N) is 1. The fourth-order valence-corrected chi connectivity index (χ4v) is 3.78. The Morgan fingerprint density at radius 2 is 1.50 bits per heavy atom. The Morgan fingerprint density at radius 3 is 2.06 bits per heavy atom. The summed E-state index contributed by atoms with van der Waals surface area (Å²) in [5, 5.41) is 9.20. The Kier molecular flexibility index (Phi) is 5.04. The average Bonchev–Trinajstić information content (AvgIpc) is 2.57. The lowest BCUT2D eigenvalue weighted by Gasteiger charge is -2.40. The molecule has 18 heavy (non-hydrogen) atoms. The van der Waals surface area contributed by atoms with Crippen molar-refractivity contribution in [3.05, 3.63) is 0 Å². The maximum absolute atomic E-state index is 11.2. The number of carboxylic acids is 1. The second kappa shape index (κ2) is 6.55. The first-order valence-electron chi connectivity index (χ1n) is 7.64. The van der Waals surface area contributed by atoms with Crippen molar-refractivity contribution in [2.45, 2.75) is 64.2 Å². The molecule has 0 aromatic rings. The maximum atomic E-state index is 11.2. The Labute approximate surface area is 111 Å². The van der Waals surface area contributed by atoms with Gasteiger partial charge in [0, 0.05) is 6.54 Å². The number of carbonyl (C=O) groups is 1. The fourth-order valence-electron chi connectivity index (χ4n) is 3.78. The third-order valence-electron chi connectivity index (χ3n) is 4.70. The Bertz CT molecular complexity index is 264. The Hall–Kier alpha value is -0.570. The predicted molar refractivity (Wildman–Crippen MR) is 72.7 cm³/mol. The van der Waals surface area contributed by atoms with E-state index in [9.17, 15) is 9.90 Å². The SMILES string of the molecule is O=C(O)CC1(CN2CCCCCC2)CCCCC1. The van der Waals surface area contributed by atoms with E-state index in [1.54, 1.807) is 0 Å². The molecule has 2 fully saturated rings. The van der Waals surface area contributed by atoms with E-state index in [0.29, 0.717) is 6.42 Å². The second-order valence-corrected chi connectivity index (χ2v) is 6.32. The third kappa shape index (κ3) is 3.98. The third-order valence-corrected chi connectivity index (χ3v) is 4.70. The molecule has 2 aliphatic rings. The largest absolute Gasteiger partial charge is 0.481 e. The summed E-state index contributed by atoms with van der Waals surface area (Å²) in [4.78, 5) is 13.7. The van der Waals surface area contributed by atoms with Gasteiger partial charge in [0.1, 0.15) is 0 Å². The van der Waals surface area contributed by atoms with Gasteiger partial charge in [-0.25, -0.2) is 0 Å². The van der Waals surface area contributed by atoms with Crippen molar-refractivity contribution in [1.82, 2.24) is 4.90 Å². The molecule has 1 N–H and O–H groups in total. The highest BCUT2D eigenvalue weighted by Crippen LogP contribution is 2.40. The van der Waals surface area contributed by atoms with E-state index in [4.69, 9.17) is 0 Å². The second-order valence-electron chi connectivity index (χ2n) is 6.32. The standard InChI is InChI=1S/C15H27NO2/c17-14(18)12-15(8-4-3-5-9-15)13-16-10-6-1-2-7-11-16/h1-13H2,(H,17,18). The van der Waals surface area contributed by atoms with Crippen LogP contribution in [0, 0.1) is 5.41 Å². The summed E-state index contributed by atoms with van der Waals surface area (Å²) >= 11 is 0. The van der Waals surface area contributed by atoms with Gasteiger partial charge in [0.15, 0.2) is 0 Å². The minimum absolute atomic E-state index is 0.0778. The van der Waals surface area contributed by atoms with Crippen LogP contribution < -0.4 is 0 Å². The summed E-state index contributed by atoms with van der Waals surface area (Å²) < 4.78 is 0. The predicted octanol–water partition coefficient (Wildman–Crippen LogP) is 3.29. The van der Waals surface area contributed by atoms with Crippen LogP contribution in [0.5, 0.6) is 0 Å². The van der Waals surface area contributed by atoms with Crippen molar-refractivity contribution in [3.8, 4) is 0 Å². The van der Waals surface area contributed by atoms with E-state index in [1.807, 2.05) is 0 Å². The van der Waals surface area contributed by atoms with Crippen LogP contribution >= 0.6 is 0 Å². The summed E-state index contributed by atoms with van der Waals surface area (Å²) in [5.41, 5.74) is 0.0778. The lowest BCUT2D eigenvalue weighted by atomic mass is 9.71. The quantitative estimate of drug-likeness (QED) is 0.835. The monoisotopic (exact) mass is 253 g/mol. The zero-order valence-corrected chi connectivity index (χ0v) is 11.5. The van der Waals surface area contributed by atoms with Crippen LogP contribution in [0.1, 0.15) is 64.2 Å². The summed E-state index contributed by atoms with van der Waals surface area (Å²) in [6.07, 6.45) is 11.6. The number of aliphatic carboxylic acids is 1. The highest BCUT2D eigenvalue weighted by atomic mass is 16.4. The number of rotatable bonds is 4. The van der Waals surface area contributed by atoms with Crippen LogP contribution in [0.15, 0.2) is 0 Å². The van der Waals surface area contributed by atoms with Gasteiger partial charge in [0.05, 0.1) is 6.42 Å². The molecule has 1 heterocycles. The van der Waals surface area contributed by atoms with E-state index in [2.05, 4.69) is 4.90 Å². The van der Waals surface area contributed by atoms with Crippen molar-refractivity contribution >= 4 is 5.97 Å². The highest BCUT2D eigenvalue weighted by molar-refractivity contribution is 5.67.